The van der Waals surface area contributed by atoms with Crippen molar-refractivity contribution in [3.8, 4) is 5.82 Å². The Bertz CT molecular complexity index is 2530. The quantitative estimate of drug-likeness (QED) is 0.172. The maximum Gasteiger partial charge on any atom is 0.153 e. The summed E-state index contributed by atoms with van der Waals surface area (Å²) in [4.78, 5) is 4.24. The third-order valence-electron chi connectivity index (χ3n) is 12.0. The summed E-state index contributed by atoms with van der Waals surface area (Å²) in [6, 6.07) is 12.8. The molecule has 9 rings (SSSR count). The van der Waals surface area contributed by atoms with Crippen molar-refractivity contribution in [1.82, 2.24) is 63.7 Å². The average molecular weight is 1080 g/mol. The van der Waals surface area contributed by atoms with E-state index in [-0.39, 0.29) is 47.3 Å². The highest BCUT2D eigenvalue weighted by Crippen LogP contribution is 2.38. The van der Waals surface area contributed by atoms with Crippen molar-refractivity contribution < 1.29 is 0 Å². The minimum absolute atomic E-state index is 0. The standard InChI is InChI=1S/C12H15N3.C11H18N2.C10H16N2.3C8H14N2.3C2H6.2CH4/c1-12(2,3)10-8-14-15(9-10)11-6-4-5-7-13-11;1-11(2,3)10-6-7-12-13(10)8-9-4-5-9;1-10(2,3)9-6-7-11-12(9)8-4-5-8;2*1-8(2,3)7-5-9-10(4)6-7;1-8(2,3)7-5-6-9-10(7)4;3*1-2;;/h4-9H,1-3H3;6-7,9H,4-5,8H2,1-3H3;6-8H,4-5H2,1-3H3;3*5-6H,1-4H3;3*1-2H3;2*1H4. The Hall–Kier alpha value is -5.59. The van der Waals surface area contributed by atoms with Gasteiger partial charge in [-0.1, -0.05) is 187 Å². The highest BCUT2D eigenvalue weighted by atomic mass is 15.3. The van der Waals surface area contributed by atoms with Crippen molar-refractivity contribution >= 4 is 0 Å². The van der Waals surface area contributed by atoms with E-state index in [2.05, 4.69) is 200 Å². The zero-order chi connectivity index (χ0) is 58.5. The van der Waals surface area contributed by atoms with Crippen LogP contribution in [0.15, 0.2) is 98.4 Å². The largest absolute Gasteiger partial charge is 0.276 e. The normalized spacial score (nSPS) is 12.9. The third kappa shape index (κ3) is 26.4. The molecule has 2 aliphatic rings. The molecule has 0 aliphatic heterocycles. The summed E-state index contributed by atoms with van der Waals surface area (Å²) < 4.78 is 11.8. The number of pyridine rings is 1. The van der Waals surface area contributed by atoms with Crippen LogP contribution in [0.3, 0.4) is 0 Å². The lowest BCUT2D eigenvalue weighted by molar-refractivity contribution is 0.467. The molecule has 0 radical (unpaired) electrons. The molecule has 0 spiro atoms. The Kier molecular flexibility index (Phi) is 31.6. The molecule has 7 aromatic heterocycles. The van der Waals surface area contributed by atoms with Gasteiger partial charge in [-0.05, 0) is 94.9 Å². The van der Waals surface area contributed by atoms with Gasteiger partial charge >= 0.3 is 0 Å². The van der Waals surface area contributed by atoms with Crippen LogP contribution in [0.25, 0.3) is 5.82 Å². The van der Waals surface area contributed by atoms with Crippen LogP contribution in [0.1, 0.15) is 247 Å². The topological polar surface area (TPSA) is 120 Å². The maximum atomic E-state index is 4.38. The minimum atomic E-state index is 0. The molecule has 2 aliphatic carbocycles. The summed E-state index contributed by atoms with van der Waals surface area (Å²) in [5, 5.41) is 25.3. The Balaban J connectivity index is 0. The molecular formula is C65H117N13. The van der Waals surface area contributed by atoms with E-state index in [1.165, 1.54) is 59.5 Å². The van der Waals surface area contributed by atoms with Crippen molar-refractivity contribution in [2.24, 2.45) is 27.1 Å². The van der Waals surface area contributed by atoms with Gasteiger partial charge in [-0.2, -0.15) is 30.6 Å². The van der Waals surface area contributed by atoms with Crippen LogP contribution in [0, 0.1) is 5.92 Å². The monoisotopic (exact) mass is 1080 g/mol. The van der Waals surface area contributed by atoms with Crippen molar-refractivity contribution in [3.63, 3.8) is 0 Å². The Morgan fingerprint density at radius 1 is 0.423 bits per heavy atom. The smallest absolute Gasteiger partial charge is 0.153 e. The number of hydrogen-bond donors (Lipinski definition) is 0. The van der Waals surface area contributed by atoms with Gasteiger partial charge in [0.2, 0.25) is 0 Å². The number of hydrogen-bond acceptors (Lipinski definition) is 7. The number of rotatable bonds is 4. The predicted molar refractivity (Wildman–Crippen MR) is 336 cm³/mol. The summed E-state index contributed by atoms with van der Waals surface area (Å²) in [5.74, 6) is 1.76. The number of aromatic nitrogens is 13. The highest BCUT2D eigenvalue weighted by Gasteiger charge is 2.30. The molecule has 13 heteroatoms. The molecule has 0 unspecified atom stereocenters. The third-order valence-corrected chi connectivity index (χ3v) is 12.0. The highest BCUT2D eigenvalue weighted by molar-refractivity contribution is 5.25. The van der Waals surface area contributed by atoms with Gasteiger partial charge < -0.3 is 0 Å². The SMILES string of the molecule is C.C.CC.CC.CC.CC(C)(C)c1ccnn1C1CC1.CC(C)(C)c1ccnn1CC1CC1.CC(C)(C)c1cnn(-c2ccccn2)c1.Cn1cc(C(C)(C)C)cn1.Cn1cc(C(C)(C)C)cn1.Cn1nccc1C(C)(C)C. The summed E-state index contributed by atoms with van der Waals surface area (Å²) in [6.45, 7) is 52.8. The van der Waals surface area contributed by atoms with Gasteiger partial charge in [-0.25, -0.2) is 9.67 Å². The Morgan fingerprint density at radius 3 is 1.15 bits per heavy atom. The second-order valence-corrected chi connectivity index (χ2v) is 25.2. The van der Waals surface area contributed by atoms with Crippen LogP contribution >= 0.6 is 0 Å². The first-order chi connectivity index (χ1) is 35.2. The fourth-order valence-corrected chi connectivity index (χ4v) is 7.23. The molecule has 7 heterocycles. The van der Waals surface area contributed by atoms with E-state index in [1.807, 2.05) is 138 Å². The van der Waals surface area contributed by atoms with Crippen molar-refractivity contribution in [2.45, 2.75) is 252 Å². The fourth-order valence-electron chi connectivity index (χ4n) is 7.23. The lowest BCUT2D eigenvalue weighted by atomic mass is 9.90. The van der Waals surface area contributed by atoms with Crippen LogP contribution in [-0.4, -0.2) is 63.7 Å². The van der Waals surface area contributed by atoms with E-state index in [4.69, 9.17) is 0 Å². The van der Waals surface area contributed by atoms with Gasteiger partial charge in [-0.3, -0.25) is 23.4 Å². The van der Waals surface area contributed by atoms with Gasteiger partial charge in [0.25, 0.3) is 0 Å². The number of nitrogens with zero attached hydrogens (tertiary/aromatic N) is 13. The lowest BCUT2D eigenvalue weighted by Crippen LogP contribution is -2.19. The fraction of sp³-hybridized carbons (Fsp3) is 0.646. The first-order valence-electron chi connectivity index (χ1n) is 28.2. The van der Waals surface area contributed by atoms with Crippen LogP contribution < -0.4 is 0 Å². The first-order valence-corrected chi connectivity index (χ1v) is 28.2. The van der Waals surface area contributed by atoms with Gasteiger partial charge in [0.15, 0.2) is 5.82 Å². The zero-order valence-electron chi connectivity index (χ0n) is 53.2. The second-order valence-electron chi connectivity index (χ2n) is 25.2. The average Bonchev–Trinajstić information content (AvgIpc) is 3.80. The molecule has 2 saturated carbocycles. The molecule has 2 fully saturated rings. The van der Waals surface area contributed by atoms with E-state index in [0.717, 1.165) is 18.3 Å². The summed E-state index contributed by atoms with van der Waals surface area (Å²) in [6.07, 6.45) is 24.7. The minimum Gasteiger partial charge on any atom is -0.276 e. The van der Waals surface area contributed by atoms with Crippen LogP contribution in [0.5, 0.6) is 0 Å². The number of aryl methyl sites for hydroxylation is 3. The van der Waals surface area contributed by atoms with Crippen molar-refractivity contribution in [1.29, 1.82) is 0 Å². The molecule has 0 atom stereocenters. The molecule has 13 nitrogen and oxygen atoms in total. The molecule has 442 valence electrons. The van der Waals surface area contributed by atoms with Crippen LogP contribution in [0.2, 0.25) is 0 Å². The molecule has 0 aromatic carbocycles. The second kappa shape index (κ2) is 33.1. The van der Waals surface area contributed by atoms with E-state index < -0.39 is 0 Å². The van der Waals surface area contributed by atoms with Gasteiger partial charge in [0.05, 0.1) is 24.6 Å². The van der Waals surface area contributed by atoms with Gasteiger partial charge in [0.1, 0.15) is 0 Å². The zero-order valence-corrected chi connectivity index (χ0v) is 53.2. The van der Waals surface area contributed by atoms with Crippen LogP contribution in [-0.2, 0) is 60.2 Å². The molecule has 7 aromatic rings. The molecule has 78 heavy (non-hydrogen) atoms. The lowest BCUT2D eigenvalue weighted by Gasteiger charge is -2.20. The van der Waals surface area contributed by atoms with Crippen LogP contribution in [0.4, 0.5) is 0 Å². The summed E-state index contributed by atoms with van der Waals surface area (Å²) in [5.41, 5.74) is 9.06. The predicted octanol–water partition coefficient (Wildman–Crippen LogP) is 17.2. The Labute approximate surface area is 478 Å². The molecular weight excluding hydrogens is 963 g/mol. The summed E-state index contributed by atoms with van der Waals surface area (Å²) >= 11 is 0. The molecule has 0 amide bonds. The maximum absolute atomic E-state index is 4.38. The van der Waals surface area contributed by atoms with E-state index in [9.17, 15) is 0 Å². The van der Waals surface area contributed by atoms with Gasteiger partial charge in [-0.15, -0.1) is 0 Å². The van der Waals surface area contributed by atoms with Crippen molar-refractivity contribution in [2.75, 3.05) is 0 Å². The molecule has 0 N–H and O–H groups in total. The summed E-state index contributed by atoms with van der Waals surface area (Å²) in [7, 11) is 5.85. The molecule has 0 bridgehead atoms. The van der Waals surface area contributed by atoms with E-state index in [1.54, 1.807) is 10.9 Å². The van der Waals surface area contributed by atoms with E-state index in [0.29, 0.717) is 6.04 Å². The first kappa shape index (κ1) is 74.5. The van der Waals surface area contributed by atoms with E-state index >= 15 is 0 Å². The van der Waals surface area contributed by atoms with Crippen molar-refractivity contribution in [3.05, 3.63) is 132 Å². The molecule has 0 saturated heterocycles. The Morgan fingerprint density at radius 2 is 0.833 bits per heavy atom. The van der Waals surface area contributed by atoms with Gasteiger partial charge in [0, 0.05) is 104 Å².